The van der Waals surface area contributed by atoms with Crippen molar-refractivity contribution in [3.05, 3.63) is 88.7 Å². The van der Waals surface area contributed by atoms with Crippen LogP contribution in [0.5, 0.6) is 5.75 Å². The van der Waals surface area contributed by atoms with E-state index in [9.17, 15) is 14.3 Å². The molecular weight excluding hydrogens is 361 g/mol. The number of hydrogen-bond donors (Lipinski definition) is 1. The molecule has 6 nitrogen and oxygen atoms in total. The molecule has 2 aromatic heterocycles. The summed E-state index contributed by atoms with van der Waals surface area (Å²) in [5.41, 5.74) is 2.20. The second-order valence-corrected chi connectivity index (χ2v) is 6.41. The van der Waals surface area contributed by atoms with Gasteiger partial charge in [0.1, 0.15) is 17.1 Å². The fraction of sp³-hybridized carbons (Fsp3) is 0.143. The minimum absolute atomic E-state index is 0.0595. The van der Waals surface area contributed by atoms with Gasteiger partial charge in [-0.1, -0.05) is 12.1 Å². The molecule has 7 heteroatoms. The third-order valence-electron chi connectivity index (χ3n) is 4.61. The lowest BCUT2D eigenvalue weighted by molar-refractivity contribution is 0.155. The third-order valence-corrected chi connectivity index (χ3v) is 4.61. The van der Waals surface area contributed by atoms with Gasteiger partial charge >= 0.3 is 0 Å². The van der Waals surface area contributed by atoms with Crippen molar-refractivity contribution in [3.63, 3.8) is 0 Å². The number of aliphatic hydroxyl groups is 1. The molecule has 0 radical (unpaired) electrons. The Balaban J connectivity index is 1.64. The van der Waals surface area contributed by atoms with Crippen LogP contribution in [0, 0.1) is 5.82 Å². The fourth-order valence-electron chi connectivity index (χ4n) is 3.05. The predicted octanol–water partition coefficient (Wildman–Crippen LogP) is 3.04. The second kappa shape index (κ2) is 7.28. The number of halogens is 1. The van der Waals surface area contributed by atoms with Crippen LogP contribution in [0.25, 0.3) is 16.8 Å². The summed E-state index contributed by atoms with van der Waals surface area (Å²) in [5, 5.41) is 14.8. The Morgan fingerprint density at radius 1 is 1.11 bits per heavy atom. The topological polar surface area (TPSA) is 68.8 Å². The maximum atomic E-state index is 13.0. The summed E-state index contributed by atoms with van der Waals surface area (Å²) in [5.74, 6) is 0.365. The van der Waals surface area contributed by atoms with Gasteiger partial charge in [0.25, 0.3) is 5.56 Å². The molecule has 2 heterocycles. The fourth-order valence-corrected chi connectivity index (χ4v) is 3.05. The molecule has 0 aliphatic heterocycles. The number of ether oxygens (including phenoxy) is 1. The monoisotopic (exact) mass is 379 g/mol. The average molecular weight is 379 g/mol. The van der Waals surface area contributed by atoms with Crippen LogP contribution >= 0.6 is 0 Å². The van der Waals surface area contributed by atoms with Gasteiger partial charge in [0.15, 0.2) is 0 Å². The van der Waals surface area contributed by atoms with Gasteiger partial charge in [-0.2, -0.15) is 5.10 Å². The summed E-state index contributed by atoms with van der Waals surface area (Å²) in [6.07, 6.45) is 2.32. The normalized spacial score (nSPS) is 12.2. The second-order valence-electron chi connectivity index (χ2n) is 6.41. The van der Waals surface area contributed by atoms with Gasteiger partial charge in [0, 0.05) is 18.0 Å². The van der Waals surface area contributed by atoms with Crippen LogP contribution in [0.15, 0.2) is 71.8 Å². The first-order valence-electron chi connectivity index (χ1n) is 8.72. The molecule has 0 saturated carbocycles. The molecule has 1 atom stereocenters. The molecule has 4 aromatic rings. The molecule has 4 rings (SSSR count). The van der Waals surface area contributed by atoms with E-state index in [0.29, 0.717) is 16.8 Å². The molecular formula is C21H18FN3O3. The maximum absolute atomic E-state index is 13.0. The van der Waals surface area contributed by atoms with E-state index in [2.05, 4.69) is 5.10 Å². The van der Waals surface area contributed by atoms with E-state index in [4.69, 9.17) is 4.74 Å². The molecule has 0 bridgehead atoms. The van der Waals surface area contributed by atoms with Crippen molar-refractivity contribution in [2.24, 2.45) is 0 Å². The Bertz CT molecular complexity index is 1160. The van der Waals surface area contributed by atoms with Crippen LogP contribution in [-0.4, -0.2) is 26.4 Å². The minimum Gasteiger partial charge on any atom is -0.497 e. The number of methoxy groups -OCH3 is 1. The van der Waals surface area contributed by atoms with Crippen molar-refractivity contribution in [1.29, 1.82) is 0 Å². The summed E-state index contributed by atoms with van der Waals surface area (Å²) in [4.78, 5) is 12.8. The van der Waals surface area contributed by atoms with Crippen molar-refractivity contribution in [1.82, 2.24) is 14.2 Å². The Kier molecular flexibility index (Phi) is 4.67. The first kappa shape index (κ1) is 17.9. The minimum atomic E-state index is -0.926. The number of aromatic nitrogens is 3. The Hall–Kier alpha value is -3.45. The highest BCUT2D eigenvalue weighted by molar-refractivity contribution is 5.66. The first-order chi connectivity index (χ1) is 13.5. The van der Waals surface area contributed by atoms with E-state index in [1.165, 1.54) is 33.3 Å². The number of fused-ring (bicyclic) bond motifs is 1. The molecule has 0 aliphatic carbocycles. The lowest BCUT2D eigenvalue weighted by Gasteiger charge is -2.13. The van der Waals surface area contributed by atoms with Gasteiger partial charge < -0.3 is 14.4 Å². The van der Waals surface area contributed by atoms with E-state index in [0.717, 1.165) is 11.3 Å². The zero-order chi connectivity index (χ0) is 19.7. The highest BCUT2D eigenvalue weighted by Crippen LogP contribution is 2.22. The van der Waals surface area contributed by atoms with Crippen LogP contribution in [0.1, 0.15) is 11.7 Å². The van der Waals surface area contributed by atoms with E-state index in [-0.39, 0.29) is 17.9 Å². The molecule has 1 unspecified atom stereocenters. The van der Waals surface area contributed by atoms with E-state index in [1.54, 1.807) is 25.6 Å². The van der Waals surface area contributed by atoms with Gasteiger partial charge in [0.2, 0.25) is 0 Å². The molecule has 28 heavy (non-hydrogen) atoms. The maximum Gasteiger partial charge on any atom is 0.276 e. The van der Waals surface area contributed by atoms with Gasteiger partial charge in [0.05, 0.1) is 25.5 Å². The molecule has 0 spiro atoms. The molecule has 142 valence electrons. The highest BCUT2D eigenvalue weighted by atomic mass is 19.1. The first-order valence-corrected chi connectivity index (χ1v) is 8.72. The van der Waals surface area contributed by atoms with Gasteiger partial charge in [-0.15, -0.1) is 0 Å². The number of hydrogen-bond acceptors (Lipinski definition) is 4. The van der Waals surface area contributed by atoms with Crippen LogP contribution in [0.4, 0.5) is 4.39 Å². The van der Waals surface area contributed by atoms with E-state index in [1.807, 2.05) is 24.3 Å². The van der Waals surface area contributed by atoms with Crippen molar-refractivity contribution < 1.29 is 14.2 Å². The molecule has 0 fully saturated rings. The van der Waals surface area contributed by atoms with Crippen LogP contribution < -0.4 is 10.3 Å². The predicted molar refractivity (Wildman–Crippen MR) is 103 cm³/mol. The van der Waals surface area contributed by atoms with E-state index < -0.39 is 6.10 Å². The number of benzene rings is 2. The zero-order valence-electron chi connectivity index (χ0n) is 15.1. The molecule has 0 amide bonds. The van der Waals surface area contributed by atoms with E-state index >= 15 is 0 Å². The average Bonchev–Trinajstić information content (AvgIpc) is 3.16. The summed E-state index contributed by atoms with van der Waals surface area (Å²) < 4.78 is 21.1. The highest BCUT2D eigenvalue weighted by Gasteiger charge is 2.13. The number of aliphatic hydroxyl groups excluding tert-OH is 1. The third kappa shape index (κ3) is 3.39. The number of nitrogens with zero attached hydrogens (tertiary/aromatic N) is 3. The summed E-state index contributed by atoms with van der Waals surface area (Å²) in [7, 11) is 1.60. The molecule has 1 N–H and O–H groups in total. The number of rotatable bonds is 5. The van der Waals surface area contributed by atoms with Gasteiger partial charge in [-0.25, -0.2) is 8.91 Å². The smallest absolute Gasteiger partial charge is 0.276 e. The lowest BCUT2D eigenvalue weighted by Crippen LogP contribution is -2.24. The van der Waals surface area contributed by atoms with Crippen molar-refractivity contribution in [3.8, 4) is 17.0 Å². The zero-order valence-corrected chi connectivity index (χ0v) is 15.1. The van der Waals surface area contributed by atoms with Crippen LogP contribution in [-0.2, 0) is 6.54 Å². The van der Waals surface area contributed by atoms with Crippen molar-refractivity contribution in [2.75, 3.05) is 7.11 Å². The largest absolute Gasteiger partial charge is 0.497 e. The molecule has 0 aliphatic rings. The summed E-state index contributed by atoms with van der Waals surface area (Å²) in [6.45, 7) is 0.0595. The Morgan fingerprint density at radius 2 is 1.82 bits per heavy atom. The summed E-state index contributed by atoms with van der Waals surface area (Å²) >= 11 is 0. The molecule has 2 aromatic carbocycles. The van der Waals surface area contributed by atoms with Crippen LogP contribution in [0.3, 0.4) is 0 Å². The summed E-state index contributed by atoms with van der Waals surface area (Å²) in [6, 6.07) is 14.7. The van der Waals surface area contributed by atoms with Gasteiger partial charge in [-0.05, 0) is 48.0 Å². The van der Waals surface area contributed by atoms with Crippen molar-refractivity contribution >= 4 is 5.52 Å². The lowest BCUT2D eigenvalue weighted by atomic mass is 10.1. The van der Waals surface area contributed by atoms with Gasteiger partial charge in [-0.3, -0.25) is 4.79 Å². The molecule has 0 saturated heterocycles. The Morgan fingerprint density at radius 3 is 2.50 bits per heavy atom. The SMILES string of the molecule is COc1ccc(-c2cc3c(=O)n(CC(O)c4ccc(F)cc4)ccn3n2)cc1. The quantitative estimate of drug-likeness (QED) is 0.579. The Labute approximate surface area is 160 Å². The van der Waals surface area contributed by atoms with Crippen molar-refractivity contribution in [2.45, 2.75) is 12.6 Å². The standard InChI is InChI=1S/C21H18FN3O3/c1-28-17-8-4-14(5-9-17)18-12-19-21(27)24(10-11-25(19)23-18)13-20(26)15-2-6-16(22)7-3-15/h2-12,20,26H,13H2,1H3. The van der Waals surface area contributed by atoms with Crippen LogP contribution in [0.2, 0.25) is 0 Å².